The summed E-state index contributed by atoms with van der Waals surface area (Å²) in [5, 5.41) is 50.3. The fourth-order valence-corrected chi connectivity index (χ4v) is 4.58. The summed E-state index contributed by atoms with van der Waals surface area (Å²) in [4.78, 5) is 76.1. The molecule has 2 aromatic heterocycles. The normalized spacial score (nSPS) is 29.4. The van der Waals surface area contributed by atoms with E-state index in [1.165, 1.54) is 6.92 Å². The van der Waals surface area contributed by atoms with E-state index < -0.39 is 115 Å². The standard InChI is InChI=1S/C23H29N5O15/c1-7(16-13(32)15(34)21(43-16)28-3-9(17(24)35)19(37)26-23(28)39)40-6-11(30)41-5-8-2-27(22(38)25-18(8)36)20-14(33)12(31)10(4-29)42-20/h2-3,7,10,12-16,20-21,29,31-34H,4-6H2,1H3,(H2,24,35)(H,25,36,38)(H,26,37,39)/t7?,10-,12-,13+,14-,15-,16-,20-,21-/m1/s1. The SMILES string of the molecule is CC(OCC(=O)OCc1cn([C@@H]2O[C@H](CO)[C@@H](O)[C@H]2O)c(=O)[nH]c1=O)[C@H]1O[C@@H](n2cc(C(N)=O)c(=O)[nH]c2=O)[C@H](O)[C@@H]1O. The molecule has 1 amide bonds. The second-order valence-electron chi connectivity index (χ2n) is 9.77. The molecule has 9 N–H and O–H groups in total. The van der Waals surface area contributed by atoms with Gasteiger partial charge >= 0.3 is 17.3 Å². The summed E-state index contributed by atoms with van der Waals surface area (Å²) >= 11 is 0. The summed E-state index contributed by atoms with van der Waals surface area (Å²) < 4.78 is 22.6. The number of aliphatic hydroxyl groups excluding tert-OH is 5. The number of primary amides is 1. The number of nitrogens with one attached hydrogen (secondary N) is 2. The molecule has 0 aromatic carbocycles. The zero-order chi connectivity index (χ0) is 31.7. The highest BCUT2D eigenvalue weighted by atomic mass is 16.6. The number of amides is 1. The average Bonchev–Trinajstić information content (AvgIpc) is 3.41. The van der Waals surface area contributed by atoms with Gasteiger partial charge in [0.25, 0.3) is 17.0 Å². The van der Waals surface area contributed by atoms with Gasteiger partial charge in [-0.2, -0.15) is 0 Å². The monoisotopic (exact) mass is 615 g/mol. The van der Waals surface area contributed by atoms with E-state index >= 15 is 0 Å². The third-order valence-electron chi connectivity index (χ3n) is 6.93. The van der Waals surface area contributed by atoms with Crippen molar-refractivity contribution < 1.29 is 54.1 Å². The summed E-state index contributed by atoms with van der Waals surface area (Å²) in [6.45, 7) is -0.699. The Kier molecular flexibility index (Phi) is 9.41. The van der Waals surface area contributed by atoms with Crippen molar-refractivity contribution in [1.29, 1.82) is 0 Å². The predicted octanol–water partition coefficient (Wildman–Crippen LogP) is -6.14. The van der Waals surface area contributed by atoms with Crippen molar-refractivity contribution in [2.24, 2.45) is 5.73 Å². The zero-order valence-electron chi connectivity index (χ0n) is 22.3. The molecule has 20 nitrogen and oxygen atoms in total. The number of aromatic nitrogens is 4. The summed E-state index contributed by atoms with van der Waals surface area (Å²) in [6.07, 6.45) is -11.4. The molecule has 2 aromatic rings. The lowest BCUT2D eigenvalue weighted by molar-refractivity contribution is -0.158. The molecule has 2 aliphatic rings. The zero-order valence-corrected chi connectivity index (χ0v) is 22.3. The number of carbonyl (C=O) groups excluding carboxylic acids is 2. The number of aliphatic hydroxyl groups is 5. The van der Waals surface area contributed by atoms with E-state index in [0.717, 1.165) is 17.0 Å². The van der Waals surface area contributed by atoms with Gasteiger partial charge in [-0.1, -0.05) is 0 Å². The van der Waals surface area contributed by atoms with Crippen LogP contribution in [-0.2, 0) is 30.3 Å². The molecule has 9 atom stereocenters. The molecular weight excluding hydrogens is 586 g/mol. The maximum Gasteiger partial charge on any atom is 0.332 e. The molecular formula is C23H29N5O15. The largest absolute Gasteiger partial charge is 0.459 e. The molecule has 4 rings (SSSR count). The number of rotatable bonds is 10. The first-order valence-corrected chi connectivity index (χ1v) is 12.7. The molecule has 0 saturated carbocycles. The Morgan fingerprint density at radius 1 is 0.930 bits per heavy atom. The molecule has 1 unspecified atom stereocenters. The number of ether oxygens (including phenoxy) is 4. The summed E-state index contributed by atoms with van der Waals surface area (Å²) in [6, 6.07) is 0. The number of nitrogens with zero attached hydrogens (tertiary/aromatic N) is 2. The van der Waals surface area contributed by atoms with Crippen LogP contribution >= 0.6 is 0 Å². The highest BCUT2D eigenvalue weighted by Gasteiger charge is 2.47. The third kappa shape index (κ3) is 6.35. The van der Waals surface area contributed by atoms with Gasteiger partial charge in [0.15, 0.2) is 12.5 Å². The maximum absolute atomic E-state index is 12.3. The van der Waals surface area contributed by atoms with Crippen molar-refractivity contribution in [1.82, 2.24) is 19.1 Å². The molecule has 0 bridgehead atoms. The molecule has 20 heteroatoms. The maximum atomic E-state index is 12.3. The van der Waals surface area contributed by atoms with Gasteiger partial charge in [0, 0.05) is 12.4 Å². The third-order valence-corrected chi connectivity index (χ3v) is 6.93. The molecule has 0 aliphatic carbocycles. The number of carbonyl (C=O) groups is 2. The minimum Gasteiger partial charge on any atom is -0.459 e. The fraction of sp³-hybridized carbons (Fsp3) is 0.565. The van der Waals surface area contributed by atoms with Crippen molar-refractivity contribution in [3.05, 3.63) is 65.2 Å². The number of aromatic amines is 2. The van der Waals surface area contributed by atoms with Crippen molar-refractivity contribution in [2.45, 2.75) is 68.7 Å². The molecule has 43 heavy (non-hydrogen) atoms. The average molecular weight is 616 g/mol. The van der Waals surface area contributed by atoms with E-state index in [-0.39, 0.29) is 5.56 Å². The van der Waals surface area contributed by atoms with Crippen LogP contribution in [0.15, 0.2) is 31.6 Å². The minimum atomic E-state index is -1.73. The van der Waals surface area contributed by atoms with Crippen LogP contribution in [0.4, 0.5) is 0 Å². The smallest absolute Gasteiger partial charge is 0.332 e. The molecule has 236 valence electrons. The van der Waals surface area contributed by atoms with Crippen LogP contribution in [0.1, 0.15) is 35.3 Å². The van der Waals surface area contributed by atoms with Crippen LogP contribution in [0, 0.1) is 0 Å². The molecule has 4 heterocycles. The molecule has 0 radical (unpaired) electrons. The summed E-state index contributed by atoms with van der Waals surface area (Å²) in [7, 11) is 0. The highest BCUT2D eigenvalue weighted by Crippen LogP contribution is 2.31. The van der Waals surface area contributed by atoms with Gasteiger partial charge in [-0.05, 0) is 6.92 Å². The van der Waals surface area contributed by atoms with Gasteiger partial charge < -0.3 is 50.2 Å². The van der Waals surface area contributed by atoms with E-state index in [1.54, 1.807) is 0 Å². The van der Waals surface area contributed by atoms with E-state index in [4.69, 9.17) is 24.7 Å². The van der Waals surface area contributed by atoms with Crippen molar-refractivity contribution >= 4 is 11.9 Å². The van der Waals surface area contributed by atoms with Crippen LogP contribution < -0.4 is 28.2 Å². The van der Waals surface area contributed by atoms with Gasteiger partial charge in [0.2, 0.25) is 0 Å². The number of hydrogen-bond acceptors (Lipinski definition) is 15. The number of esters is 1. The Morgan fingerprint density at radius 2 is 1.51 bits per heavy atom. The van der Waals surface area contributed by atoms with Crippen molar-refractivity contribution in [2.75, 3.05) is 13.2 Å². The second-order valence-corrected chi connectivity index (χ2v) is 9.77. The molecule has 0 spiro atoms. The van der Waals surface area contributed by atoms with E-state index in [2.05, 4.69) is 0 Å². The summed E-state index contributed by atoms with van der Waals surface area (Å²) in [5.74, 6) is -2.17. The quantitative estimate of drug-likeness (QED) is 0.115. The lowest BCUT2D eigenvalue weighted by atomic mass is 10.1. The first-order chi connectivity index (χ1) is 20.2. The van der Waals surface area contributed by atoms with Crippen LogP contribution in [0.3, 0.4) is 0 Å². The Hall–Kier alpha value is -4.02. The Balaban J connectivity index is 1.37. The van der Waals surface area contributed by atoms with Crippen LogP contribution in [0.2, 0.25) is 0 Å². The van der Waals surface area contributed by atoms with Crippen LogP contribution in [0.25, 0.3) is 0 Å². The first-order valence-electron chi connectivity index (χ1n) is 12.7. The van der Waals surface area contributed by atoms with Crippen molar-refractivity contribution in [3.8, 4) is 0 Å². The lowest BCUT2D eigenvalue weighted by Gasteiger charge is -2.22. The van der Waals surface area contributed by atoms with Crippen LogP contribution in [0.5, 0.6) is 0 Å². The Labute approximate surface area is 238 Å². The van der Waals surface area contributed by atoms with Gasteiger partial charge in [-0.25, -0.2) is 14.4 Å². The van der Waals surface area contributed by atoms with Crippen LogP contribution in [-0.4, -0.2) is 112 Å². The predicted molar refractivity (Wildman–Crippen MR) is 135 cm³/mol. The number of H-pyrrole nitrogens is 2. The molecule has 2 aliphatic heterocycles. The van der Waals surface area contributed by atoms with Gasteiger partial charge in [-0.15, -0.1) is 0 Å². The molecule has 2 fully saturated rings. The Bertz CT molecular complexity index is 1600. The van der Waals surface area contributed by atoms with Gasteiger partial charge in [0.05, 0.1) is 18.3 Å². The van der Waals surface area contributed by atoms with Crippen molar-refractivity contribution in [3.63, 3.8) is 0 Å². The molecule has 2 saturated heterocycles. The number of hydrogen-bond donors (Lipinski definition) is 8. The summed E-state index contributed by atoms with van der Waals surface area (Å²) in [5.41, 5.74) is 0.209. The second kappa shape index (κ2) is 12.7. The Morgan fingerprint density at radius 3 is 2.12 bits per heavy atom. The highest BCUT2D eigenvalue weighted by molar-refractivity contribution is 5.91. The minimum absolute atomic E-state index is 0.249. The van der Waals surface area contributed by atoms with E-state index in [1.807, 2.05) is 9.97 Å². The van der Waals surface area contributed by atoms with Gasteiger partial charge in [0.1, 0.15) is 55.4 Å². The number of nitrogens with two attached hydrogens (primary N) is 1. The van der Waals surface area contributed by atoms with E-state index in [9.17, 15) is 54.3 Å². The fourth-order valence-electron chi connectivity index (χ4n) is 4.58. The lowest BCUT2D eigenvalue weighted by Crippen LogP contribution is -2.41. The first kappa shape index (κ1) is 31.9. The topological polar surface area (TPSA) is 308 Å². The van der Waals surface area contributed by atoms with Gasteiger partial charge in [-0.3, -0.25) is 33.5 Å². The van der Waals surface area contributed by atoms with E-state index in [0.29, 0.717) is 4.57 Å².